The van der Waals surface area contributed by atoms with Gasteiger partial charge in [0.2, 0.25) is 17.1 Å². The molecule has 8 nitrogen and oxygen atoms in total. The molecule has 0 bridgehead atoms. The van der Waals surface area contributed by atoms with Crippen molar-refractivity contribution >= 4 is 29.4 Å². The van der Waals surface area contributed by atoms with Crippen molar-refractivity contribution in [1.29, 1.82) is 5.26 Å². The molecule has 0 atom stereocenters. The normalized spacial score (nSPS) is 10.5. The Morgan fingerprint density at radius 1 is 1.16 bits per heavy atom. The molecule has 0 aliphatic heterocycles. The van der Waals surface area contributed by atoms with Crippen LogP contribution in [0.25, 0.3) is 5.78 Å². The van der Waals surface area contributed by atoms with E-state index in [-0.39, 0.29) is 0 Å². The van der Waals surface area contributed by atoms with Gasteiger partial charge in [-0.05, 0) is 0 Å². The lowest BCUT2D eigenvalue weighted by Gasteiger charge is -2.17. The molecule has 0 amide bonds. The summed E-state index contributed by atoms with van der Waals surface area (Å²) in [4.78, 5) is 12.5. The van der Waals surface area contributed by atoms with E-state index < -0.39 is 0 Å². The van der Waals surface area contributed by atoms with Crippen molar-refractivity contribution in [1.82, 2.24) is 24.6 Å². The van der Waals surface area contributed by atoms with E-state index in [4.69, 9.17) is 5.26 Å². The molecule has 0 unspecified atom stereocenters. The Labute approximate surface area is 115 Å². The van der Waals surface area contributed by atoms with Crippen molar-refractivity contribution in [2.24, 2.45) is 0 Å². The Morgan fingerprint density at radius 3 is 2.47 bits per heavy atom. The first-order valence-corrected chi connectivity index (χ1v) is 6.50. The first kappa shape index (κ1) is 13.4. The maximum atomic E-state index is 8.66. The van der Waals surface area contributed by atoms with E-state index >= 15 is 0 Å². The number of rotatable bonds is 4. The molecule has 2 heterocycles. The van der Waals surface area contributed by atoms with Crippen LogP contribution in [0.2, 0.25) is 0 Å². The summed E-state index contributed by atoms with van der Waals surface area (Å²) in [6.45, 7) is 0. The van der Waals surface area contributed by atoms with Gasteiger partial charge in [0.1, 0.15) is 0 Å². The summed E-state index contributed by atoms with van der Waals surface area (Å²) < 4.78 is 1.75. The minimum absolute atomic E-state index is 0.309. The SMILES string of the molecule is CN(C)c1nc(N(C)C)n2c(SCC#N)nnc2n1. The topological polar surface area (TPSA) is 86.2 Å². The number of hydrogen-bond acceptors (Lipinski definition) is 8. The third-order valence-electron chi connectivity index (χ3n) is 2.28. The van der Waals surface area contributed by atoms with Crippen LogP contribution in [-0.4, -0.2) is 58.5 Å². The highest BCUT2D eigenvalue weighted by molar-refractivity contribution is 7.99. The van der Waals surface area contributed by atoms with Crippen LogP contribution in [0, 0.1) is 11.3 Å². The second kappa shape index (κ2) is 5.27. The van der Waals surface area contributed by atoms with E-state index in [0.29, 0.717) is 28.6 Å². The molecular formula is C10H14N8S. The van der Waals surface area contributed by atoms with Crippen LogP contribution in [0.1, 0.15) is 0 Å². The third-order valence-corrected chi connectivity index (χ3v) is 3.08. The van der Waals surface area contributed by atoms with Crippen LogP contribution in [0.3, 0.4) is 0 Å². The molecule has 0 aliphatic carbocycles. The van der Waals surface area contributed by atoms with Gasteiger partial charge < -0.3 is 9.80 Å². The summed E-state index contributed by atoms with van der Waals surface area (Å²) >= 11 is 1.31. The Morgan fingerprint density at radius 2 is 1.89 bits per heavy atom. The lowest BCUT2D eigenvalue weighted by molar-refractivity contribution is 0.846. The molecular weight excluding hydrogens is 264 g/mol. The summed E-state index contributed by atoms with van der Waals surface area (Å²) in [5.74, 6) is 2.03. The fourth-order valence-electron chi connectivity index (χ4n) is 1.45. The third kappa shape index (κ3) is 2.53. The quantitative estimate of drug-likeness (QED) is 0.736. The maximum absolute atomic E-state index is 8.66. The number of anilines is 2. The van der Waals surface area contributed by atoms with Crippen molar-refractivity contribution in [2.75, 3.05) is 43.7 Å². The van der Waals surface area contributed by atoms with Gasteiger partial charge in [0.05, 0.1) is 11.8 Å². The highest BCUT2D eigenvalue weighted by atomic mass is 32.2. The summed E-state index contributed by atoms with van der Waals surface area (Å²) in [5, 5.41) is 17.4. The zero-order valence-electron chi connectivity index (χ0n) is 11.2. The first-order valence-electron chi connectivity index (χ1n) is 5.52. The molecule has 2 aromatic heterocycles. The smallest absolute Gasteiger partial charge is 0.261 e. The van der Waals surface area contributed by atoms with Crippen molar-refractivity contribution in [3.63, 3.8) is 0 Å². The second-order valence-corrected chi connectivity index (χ2v) is 5.12. The van der Waals surface area contributed by atoms with E-state index in [0.717, 1.165) is 0 Å². The summed E-state index contributed by atoms with van der Waals surface area (Å²) in [6.07, 6.45) is 0. The molecule has 19 heavy (non-hydrogen) atoms. The number of nitriles is 1. The number of nitrogens with zero attached hydrogens (tertiary/aromatic N) is 8. The van der Waals surface area contributed by atoms with E-state index in [2.05, 4.69) is 26.2 Å². The highest BCUT2D eigenvalue weighted by Crippen LogP contribution is 2.22. The zero-order valence-corrected chi connectivity index (χ0v) is 12.0. The van der Waals surface area contributed by atoms with E-state index in [9.17, 15) is 0 Å². The van der Waals surface area contributed by atoms with Gasteiger partial charge >= 0.3 is 0 Å². The number of thioether (sulfide) groups is 1. The molecule has 0 saturated carbocycles. The van der Waals surface area contributed by atoms with Gasteiger partial charge in [-0.2, -0.15) is 15.2 Å². The largest absolute Gasteiger partial charge is 0.348 e. The highest BCUT2D eigenvalue weighted by Gasteiger charge is 2.16. The van der Waals surface area contributed by atoms with Gasteiger partial charge in [-0.25, -0.2) is 4.40 Å². The molecule has 0 fully saturated rings. The van der Waals surface area contributed by atoms with Crippen molar-refractivity contribution in [3.8, 4) is 6.07 Å². The van der Waals surface area contributed by atoms with Crippen LogP contribution < -0.4 is 9.80 Å². The molecule has 0 aliphatic rings. The number of hydrogen-bond donors (Lipinski definition) is 0. The van der Waals surface area contributed by atoms with Gasteiger partial charge in [0, 0.05) is 28.2 Å². The summed E-state index contributed by atoms with van der Waals surface area (Å²) in [5.41, 5.74) is 0. The van der Waals surface area contributed by atoms with E-state index in [1.807, 2.05) is 38.0 Å². The number of fused-ring (bicyclic) bond motifs is 1. The van der Waals surface area contributed by atoms with E-state index in [1.165, 1.54) is 11.8 Å². The van der Waals surface area contributed by atoms with Crippen molar-refractivity contribution < 1.29 is 0 Å². The van der Waals surface area contributed by atoms with Gasteiger partial charge in [-0.1, -0.05) is 11.8 Å². The molecule has 100 valence electrons. The fourth-order valence-corrected chi connectivity index (χ4v) is 2.04. The van der Waals surface area contributed by atoms with Crippen LogP contribution in [-0.2, 0) is 0 Å². The minimum atomic E-state index is 0.309. The molecule has 0 saturated heterocycles. The zero-order chi connectivity index (χ0) is 14.0. The van der Waals surface area contributed by atoms with Gasteiger partial charge in [-0.3, -0.25) is 0 Å². The number of aromatic nitrogens is 5. The van der Waals surface area contributed by atoms with Crippen LogP contribution in [0.15, 0.2) is 5.16 Å². The predicted octanol–water partition coefficient (Wildman–Crippen LogP) is 0.267. The molecule has 9 heteroatoms. The molecule has 2 rings (SSSR count). The Hall–Kier alpha value is -2.08. The van der Waals surface area contributed by atoms with Gasteiger partial charge in [0.15, 0.2) is 0 Å². The predicted molar refractivity (Wildman–Crippen MR) is 73.6 cm³/mol. The molecule has 2 aromatic rings. The Balaban J connectivity index is 2.62. The lowest BCUT2D eigenvalue weighted by atomic mass is 10.7. The Bertz CT molecular complexity index is 626. The average molecular weight is 278 g/mol. The molecule has 0 spiro atoms. The standard InChI is InChI=1S/C10H14N8S/c1-16(2)7-12-8-14-15-10(19-6-5-11)18(8)9(13-7)17(3)4/h6H2,1-4H3. The van der Waals surface area contributed by atoms with Crippen LogP contribution in [0.5, 0.6) is 0 Å². The molecule has 0 N–H and O–H groups in total. The molecule has 0 radical (unpaired) electrons. The lowest BCUT2D eigenvalue weighted by Crippen LogP contribution is -2.20. The summed E-state index contributed by atoms with van der Waals surface area (Å²) in [7, 11) is 7.51. The van der Waals surface area contributed by atoms with Crippen molar-refractivity contribution in [3.05, 3.63) is 0 Å². The minimum Gasteiger partial charge on any atom is -0.348 e. The maximum Gasteiger partial charge on any atom is 0.261 e. The van der Waals surface area contributed by atoms with Crippen LogP contribution >= 0.6 is 11.8 Å². The Kier molecular flexibility index (Phi) is 3.71. The monoisotopic (exact) mass is 278 g/mol. The summed E-state index contributed by atoms with van der Waals surface area (Å²) in [6, 6.07) is 2.07. The molecule has 0 aromatic carbocycles. The first-order chi connectivity index (χ1) is 9.04. The van der Waals surface area contributed by atoms with Crippen LogP contribution in [0.4, 0.5) is 11.9 Å². The fraction of sp³-hybridized carbons (Fsp3) is 0.500. The second-order valence-electron chi connectivity index (χ2n) is 4.18. The van der Waals surface area contributed by atoms with Gasteiger partial charge in [-0.15, -0.1) is 10.2 Å². The van der Waals surface area contributed by atoms with Crippen molar-refractivity contribution in [2.45, 2.75) is 5.16 Å². The van der Waals surface area contributed by atoms with Gasteiger partial charge in [0.25, 0.3) is 5.78 Å². The van der Waals surface area contributed by atoms with E-state index in [1.54, 1.807) is 4.40 Å². The average Bonchev–Trinajstić information content (AvgIpc) is 2.77.